The van der Waals surface area contributed by atoms with E-state index in [4.69, 9.17) is 0 Å². The molecule has 1 aromatic rings. The van der Waals surface area contributed by atoms with E-state index >= 15 is 0 Å². The Morgan fingerprint density at radius 1 is 1.16 bits per heavy atom. The third-order valence-electron chi connectivity index (χ3n) is 5.90. The van der Waals surface area contributed by atoms with Crippen LogP contribution in [0.5, 0.6) is 0 Å². The quantitative estimate of drug-likeness (QED) is 0.859. The molecule has 1 N–H and O–H groups in total. The molecule has 2 bridgehead atoms. The highest BCUT2D eigenvalue weighted by Gasteiger charge is 2.41. The zero-order valence-electron chi connectivity index (χ0n) is 16.3. The van der Waals surface area contributed by atoms with Gasteiger partial charge in [-0.3, -0.25) is 9.69 Å². The van der Waals surface area contributed by atoms with Crippen molar-refractivity contribution in [2.45, 2.75) is 96.8 Å². The Labute approximate surface area is 151 Å². The van der Waals surface area contributed by atoms with Crippen molar-refractivity contribution in [1.82, 2.24) is 25.0 Å². The Morgan fingerprint density at radius 2 is 1.80 bits per heavy atom. The zero-order valence-corrected chi connectivity index (χ0v) is 16.3. The molecular weight excluding hydrogens is 314 g/mol. The van der Waals surface area contributed by atoms with Crippen molar-refractivity contribution in [2.75, 3.05) is 6.54 Å². The highest BCUT2D eigenvalue weighted by Crippen LogP contribution is 2.42. The molecule has 6 nitrogen and oxygen atoms in total. The summed E-state index contributed by atoms with van der Waals surface area (Å²) in [7, 11) is 0. The summed E-state index contributed by atoms with van der Waals surface area (Å²) in [6, 6.07) is 2.11. The molecule has 3 rings (SSSR count). The average Bonchev–Trinajstić information content (AvgIpc) is 3.01. The summed E-state index contributed by atoms with van der Waals surface area (Å²) in [5.74, 6) is 2.67. The van der Waals surface area contributed by atoms with Crippen molar-refractivity contribution in [2.24, 2.45) is 0 Å². The van der Waals surface area contributed by atoms with E-state index in [2.05, 4.69) is 52.7 Å². The SMILES string of the molecule is CC(=O)NC(C)CCN1C2CCC1CC(n1c(C)nnc1C(C)C)C2. The number of fused-ring (bicyclic) bond motifs is 2. The molecule has 2 aliphatic heterocycles. The second-order valence-corrected chi connectivity index (χ2v) is 8.27. The monoisotopic (exact) mass is 347 g/mol. The Balaban J connectivity index is 1.64. The third kappa shape index (κ3) is 3.89. The van der Waals surface area contributed by atoms with E-state index in [1.807, 2.05) is 0 Å². The zero-order chi connectivity index (χ0) is 18.1. The molecule has 0 radical (unpaired) electrons. The van der Waals surface area contributed by atoms with E-state index in [-0.39, 0.29) is 11.9 Å². The first-order valence-corrected chi connectivity index (χ1v) is 9.81. The Morgan fingerprint density at radius 3 is 2.36 bits per heavy atom. The molecule has 0 spiro atoms. The van der Waals surface area contributed by atoms with Gasteiger partial charge in [0.2, 0.25) is 5.91 Å². The fourth-order valence-electron chi connectivity index (χ4n) is 4.81. The van der Waals surface area contributed by atoms with Crippen LogP contribution in [0.15, 0.2) is 0 Å². The predicted octanol–water partition coefficient (Wildman–Crippen LogP) is 2.79. The van der Waals surface area contributed by atoms with Crippen molar-refractivity contribution in [1.29, 1.82) is 0 Å². The summed E-state index contributed by atoms with van der Waals surface area (Å²) in [6.45, 7) is 11.3. The van der Waals surface area contributed by atoms with Crippen LogP contribution in [0, 0.1) is 6.92 Å². The molecule has 2 saturated heterocycles. The maximum atomic E-state index is 11.2. The van der Waals surface area contributed by atoms with E-state index in [1.165, 1.54) is 25.7 Å². The molecule has 140 valence electrons. The number of hydrogen-bond donors (Lipinski definition) is 1. The number of nitrogens with one attached hydrogen (secondary N) is 1. The number of amides is 1. The number of carbonyl (C=O) groups excluding carboxylic acids is 1. The summed E-state index contributed by atoms with van der Waals surface area (Å²) in [6.07, 6.45) is 6.02. The number of nitrogens with zero attached hydrogens (tertiary/aromatic N) is 4. The van der Waals surface area contributed by atoms with Crippen LogP contribution in [0.4, 0.5) is 0 Å². The number of aryl methyl sites for hydroxylation is 1. The smallest absolute Gasteiger partial charge is 0.217 e. The van der Waals surface area contributed by atoms with Gasteiger partial charge in [0.25, 0.3) is 0 Å². The molecular formula is C19H33N5O. The van der Waals surface area contributed by atoms with Gasteiger partial charge in [0.15, 0.2) is 0 Å². The fourth-order valence-corrected chi connectivity index (χ4v) is 4.81. The molecule has 6 heteroatoms. The molecule has 3 unspecified atom stereocenters. The fraction of sp³-hybridized carbons (Fsp3) is 0.842. The van der Waals surface area contributed by atoms with Crippen molar-refractivity contribution in [3.63, 3.8) is 0 Å². The molecule has 1 amide bonds. The summed E-state index contributed by atoms with van der Waals surface area (Å²) < 4.78 is 2.41. The molecule has 2 aliphatic rings. The number of piperidine rings is 1. The highest BCUT2D eigenvalue weighted by molar-refractivity contribution is 5.73. The molecule has 2 fully saturated rings. The van der Waals surface area contributed by atoms with Crippen LogP contribution in [0.3, 0.4) is 0 Å². The van der Waals surface area contributed by atoms with E-state index in [0.29, 0.717) is 24.0 Å². The Hall–Kier alpha value is -1.43. The van der Waals surface area contributed by atoms with Crippen molar-refractivity contribution < 1.29 is 4.79 Å². The van der Waals surface area contributed by atoms with E-state index in [0.717, 1.165) is 24.6 Å². The third-order valence-corrected chi connectivity index (χ3v) is 5.90. The van der Waals surface area contributed by atoms with Crippen molar-refractivity contribution in [3.8, 4) is 0 Å². The van der Waals surface area contributed by atoms with Crippen molar-refractivity contribution >= 4 is 5.91 Å². The standard InChI is InChI=1S/C19H33N5O/c1-12(2)19-22-21-14(4)24(19)18-10-16-6-7-17(11-18)23(16)9-8-13(3)20-15(5)25/h12-13,16-18H,6-11H2,1-5H3,(H,20,25). The minimum atomic E-state index is 0.0680. The molecule has 25 heavy (non-hydrogen) atoms. The summed E-state index contributed by atoms with van der Waals surface area (Å²) in [5.41, 5.74) is 0. The largest absolute Gasteiger partial charge is 0.354 e. The van der Waals surface area contributed by atoms with Crippen LogP contribution >= 0.6 is 0 Å². The topological polar surface area (TPSA) is 63.1 Å². The van der Waals surface area contributed by atoms with Gasteiger partial charge in [0, 0.05) is 43.6 Å². The van der Waals surface area contributed by atoms with Crippen LogP contribution in [0.2, 0.25) is 0 Å². The first-order valence-electron chi connectivity index (χ1n) is 9.81. The van der Waals surface area contributed by atoms with Crippen LogP contribution in [-0.2, 0) is 4.79 Å². The van der Waals surface area contributed by atoms with E-state index in [1.54, 1.807) is 6.92 Å². The molecule has 3 heterocycles. The van der Waals surface area contributed by atoms with E-state index in [9.17, 15) is 4.79 Å². The second kappa shape index (κ2) is 7.44. The molecule has 0 saturated carbocycles. The maximum absolute atomic E-state index is 11.2. The lowest BCUT2D eigenvalue weighted by atomic mass is 9.95. The minimum absolute atomic E-state index is 0.0680. The summed E-state index contributed by atoms with van der Waals surface area (Å²) >= 11 is 0. The molecule has 1 aromatic heterocycles. The molecule has 3 atom stereocenters. The number of hydrogen-bond acceptors (Lipinski definition) is 4. The highest BCUT2D eigenvalue weighted by atomic mass is 16.1. The lowest BCUT2D eigenvalue weighted by Crippen LogP contribution is -2.45. The van der Waals surface area contributed by atoms with Crippen LogP contribution < -0.4 is 5.32 Å². The van der Waals surface area contributed by atoms with Gasteiger partial charge >= 0.3 is 0 Å². The lowest BCUT2D eigenvalue weighted by molar-refractivity contribution is -0.119. The van der Waals surface area contributed by atoms with Crippen LogP contribution in [0.25, 0.3) is 0 Å². The normalized spacial score (nSPS) is 27.7. The number of aromatic nitrogens is 3. The van der Waals surface area contributed by atoms with Crippen molar-refractivity contribution in [3.05, 3.63) is 11.6 Å². The van der Waals surface area contributed by atoms with Gasteiger partial charge in [-0.2, -0.15) is 0 Å². The number of carbonyl (C=O) groups is 1. The molecule has 0 aliphatic carbocycles. The van der Waals surface area contributed by atoms with Gasteiger partial charge in [-0.15, -0.1) is 10.2 Å². The first kappa shape index (κ1) is 18.4. The maximum Gasteiger partial charge on any atom is 0.217 e. The predicted molar refractivity (Wildman–Crippen MR) is 98.5 cm³/mol. The first-order chi connectivity index (χ1) is 11.9. The van der Waals surface area contributed by atoms with Gasteiger partial charge in [0.05, 0.1) is 0 Å². The Kier molecular flexibility index (Phi) is 5.46. The average molecular weight is 348 g/mol. The number of rotatable bonds is 6. The van der Waals surface area contributed by atoms with Crippen LogP contribution in [0.1, 0.15) is 83.4 Å². The minimum Gasteiger partial charge on any atom is -0.354 e. The van der Waals surface area contributed by atoms with Gasteiger partial charge in [0.1, 0.15) is 11.6 Å². The van der Waals surface area contributed by atoms with Gasteiger partial charge < -0.3 is 9.88 Å². The summed E-state index contributed by atoms with van der Waals surface area (Å²) in [5, 5.41) is 11.8. The van der Waals surface area contributed by atoms with Gasteiger partial charge in [-0.1, -0.05) is 13.8 Å². The molecule has 0 aromatic carbocycles. The van der Waals surface area contributed by atoms with Gasteiger partial charge in [-0.05, 0) is 46.0 Å². The summed E-state index contributed by atoms with van der Waals surface area (Å²) in [4.78, 5) is 13.9. The van der Waals surface area contributed by atoms with Gasteiger partial charge in [-0.25, -0.2) is 0 Å². The Bertz CT molecular complexity index is 597. The second-order valence-electron chi connectivity index (χ2n) is 8.27. The van der Waals surface area contributed by atoms with E-state index < -0.39 is 0 Å². The van der Waals surface area contributed by atoms with Crippen LogP contribution in [-0.4, -0.2) is 50.2 Å². The lowest BCUT2D eigenvalue weighted by Gasteiger charge is -2.40.